The van der Waals surface area contributed by atoms with E-state index in [2.05, 4.69) is 29.2 Å². The van der Waals surface area contributed by atoms with Gasteiger partial charge in [0, 0.05) is 23.7 Å². The molecule has 1 aliphatic rings. The number of methoxy groups -OCH3 is 1. The second kappa shape index (κ2) is 6.62. The molecule has 0 aliphatic carbocycles. The van der Waals surface area contributed by atoms with Gasteiger partial charge in [0.2, 0.25) is 0 Å². The van der Waals surface area contributed by atoms with Gasteiger partial charge in [-0.1, -0.05) is 18.2 Å². The first kappa shape index (κ1) is 15.9. The van der Waals surface area contributed by atoms with Crippen LogP contribution in [0.3, 0.4) is 0 Å². The minimum atomic E-state index is -0.342. The Labute approximate surface area is 140 Å². The predicted molar refractivity (Wildman–Crippen MR) is 95.5 cm³/mol. The molecule has 0 amide bonds. The van der Waals surface area contributed by atoms with Crippen LogP contribution in [0.25, 0.3) is 0 Å². The van der Waals surface area contributed by atoms with Gasteiger partial charge < -0.3 is 15.4 Å². The Balaban J connectivity index is 1.76. The third-order valence-corrected chi connectivity index (χ3v) is 5.66. The number of nitrogen functional groups attached to an aromatic ring is 1. The number of rotatable bonds is 4. The van der Waals surface area contributed by atoms with Crippen LogP contribution in [0.5, 0.6) is 0 Å². The summed E-state index contributed by atoms with van der Waals surface area (Å²) in [5, 5.41) is 0.559. The molecule has 0 unspecified atom stereocenters. The Morgan fingerprint density at radius 2 is 2.17 bits per heavy atom. The summed E-state index contributed by atoms with van der Waals surface area (Å²) >= 11 is 1.50. The van der Waals surface area contributed by atoms with E-state index in [1.807, 2.05) is 6.92 Å². The Bertz CT molecular complexity index is 724. The quantitative estimate of drug-likeness (QED) is 0.873. The number of carbonyl (C=O) groups is 1. The summed E-state index contributed by atoms with van der Waals surface area (Å²) in [6, 6.07) is 8.62. The molecule has 1 aliphatic heterocycles. The fraction of sp³-hybridized carbons (Fsp3) is 0.389. The number of para-hydroxylation sites is 1. The maximum atomic E-state index is 11.8. The molecular formula is C18H22N2O2S. The Hall–Kier alpha value is -2.01. The summed E-state index contributed by atoms with van der Waals surface area (Å²) in [5.74, 6) is -0.342. The molecule has 0 fully saturated rings. The van der Waals surface area contributed by atoms with Crippen molar-refractivity contribution in [3.8, 4) is 0 Å². The largest absolute Gasteiger partial charge is 0.465 e. The van der Waals surface area contributed by atoms with Crippen LogP contribution in [0.4, 0.5) is 10.7 Å². The summed E-state index contributed by atoms with van der Waals surface area (Å²) in [6.45, 7) is 3.98. The number of nitrogens with zero attached hydrogens (tertiary/aromatic N) is 1. The molecule has 0 saturated carbocycles. The molecular weight excluding hydrogens is 308 g/mol. The minimum Gasteiger partial charge on any atom is -0.465 e. The molecule has 0 bridgehead atoms. The maximum absolute atomic E-state index is 11.8. The third-order valence-electron chi connectivity index (χ3n) is 4.48. The Morgan fingerprint density at radius 1 is 1.39 bits per heavy atom. The second-order valence-corrected chi connectivity index (χ2v) is 6.99. The van der Waals surface area contributed by atoms with Gasteiger partial charge in [0.05, 0.1) is 12.7 Å². The van der Waals surface area contributed by atoms with E-state index in [0.717, 1.165) is 31.5 Å². The molecule has 5 heteroatoms. The third kappa shape index (κ3) is 3.06. The van der Waals surface area contributed by atoms with Crippen LogP contribution in [0.1, 0.15) is 32.8 Å². The second-order valence-electron chi connectivity index (χ2n) is 5.85. The van der Waals surface area contributed by atoms with Gasteiger partial charge in [-0.2, -0.15) is 0 Å². The van der Waals surface area contributed by atoms with E-state index < -0.39 is 0 Å². The van der Waals surface area contributed by atoms with Crippen molar-refractivity contribution < 1.29 is 9.53 Å². The standard InChI is InChI=1S/C18H22N2O2S/c1-12-15(23-17(19)16(12)18(21)22-2)9-11-20-10-5-7-13-6-3-4-8-14(13)20/h3-4,6,8H,5,7,9-11,19H2,1-2H3. The van der Waals surface area contributed by atoms with E-state index in [1.54, 1.807) is 0 Å². The van der Waals surface area contributed by atoms with Crippen molar-refractivity contribution in [3.05, 3.63) is 45.8 Å². The number of fused-ring (bicyclic) bond motifs is 1. The van der Waals surface area contributed by atoms with Crippen LogP contribution < -0.4 is 10.6 Å². The molecule has 1 aromatic heterocycles. The van der Waals surface area contributed by atoms with Crippen molar-refractivity contribution in [3.63, 3.8) is 0 Å². The summed E-state index contributed by atoms with van der Waals surface area (Å²) in [6.07, 6.45) is 3.24. The van der Waals surface area contributed by atoms with Gasteiger partial charge >= 0.3 is 5.97 Å². The number of hydrogen-bond donors (Lipinski definition) is 1. The number of anilines is 2. The first-order valence-electron chi connectivity index (χ1n) is 7.90. The molecule has 3 rings (SSSR count). The number of aryl methyl sites for hydroxylation is 1. The molecule has 4 nitrogen and oxygen atoms in total. The molecule has 0 saturated heterocycles. The van der Waals surface area contributed by atoms with Crippen molar-refractivity contribution in [2.45, 2.75) is 26.2 Å². The highest BCUT2D eigenvalue weighted by atomic mass is 32.1. The summed E-state index contributed by atoms with van der Waals surface area (Å²) < 4.78 is 4.83. The van der Waals surface area contributed by atoms with E-state index in [4.69, 9.17) is 10.5 Å². The van der Waals surface area contributed by atoms with Crippen molar-refractivity contribution in [1.29, 1.82) is 0 Å². The van der Waals surface area contributed by atoms with Crippen LogP contribution in [0.2, 0.25) is 0 Å². The fourth-order valence-electron chi connectivity index (χ4n) is 3.26. The van der Waals surface area contributed by atoms with Crippen LogP contribution in [-0.2, 0) is 17.6 Å². The zero-order valence-corrected chi connectivity index (χ0v) is 14.4. The molecule has 122 valence electrons. The highest BCUT2D eigenvalue weighted by molar-refractivity contribution is 7.16. The highest BCUT2D eigenvalue weighted by Crippen LogP contribution is 2.32. The van der Waals surface area contributed by atoms with Crippen molar-refractivity contribution >= 4 is 28.0 Å². The number of carbonyl (C=O) groups excluding carboxylic acids is 1. The molecule has 2 aromatic rings. The van der Waals surface area contributed by atoms with Gasteiger partial charge in [-0.3, -0.25) is 0 Å². The average molecular weight is 330 g/mol. The molecule has 0 spiro atoms. The van der Waals surface area contributed by atoms with Gasteiger partial charge in [-0.05, 0) is 43.4 Å². The number of ether oxygens (including phenoxy) is 1. The smallest absolute Gasteiger partial charge is 0.341 e. The SMILES string of the molecule is COC(=O)c1c(N)sc(CCN2CCCc3ccccc32)c1C. The van der Waals surface area contributed by atoms with Crippen LogP contribution in [-0.4, -0.2) is 26.2 Å². The zero-order chi connectivity index (χ0) is 16.4. The first-order valence-corrected chi connectivity index (χ1v) is 8.72. The molecule has 0 atom stereocenters. The maximum Gasteiger partial charge on any atom is 0.341 e. The van der Waals surface area contributed by atoms with Crippen LogP contribution in [0.15, 0.2) is 24.3 Å². The fourth-order valence-corrected chi connectivity index (χ4v) is 4.31. The Morgan fingerprint density at radius 3 is 2.96 bits per heavy atom. The molecule has 2 heterocycles. The van der Waals surface area contributed by atoms with Gasteiger partial charge in [0.1, 0.15) is 5.00 Å². The number of esters is 1. The van der Waals surface area contributed by atoms with E-state index in [-0.39, 0.29) is 5.97 Å². The van der Waals surface area contributed by atoms with E-state index >= 15 is 0 Å². The number of thiophene rings is 1. The van der Waals surface area contributed by atoms with E-state index in [1.165, 1.54) is 41.0 Å². The molecule has 1 aromatic carbocycles. The van der Waals surface area contributed by atoms with Crippen molar-refractivity contribution in [1.82, 2.24) is 0 Å². The monoisotopic (exact) mass is 330 g/mol. The Kier molecular flexibility index (Phi) is 4.57. The molecule has 0 radical (unpaired) electrons. The predicted octanol–water partition coefficient (Wildman–Crippen LogP) is 3.42. The molecule has 23 heavy (non-hydrogen) atoms. The number of benzene rings is 1. The topological polar surface area (TPSA) is 55.6 Å². The lowest BCUT2D eigenvalue weighted by atomic mass is 10.0. The molecule has 2 N–H and O–H groups in total. The number of nitrogens with two attached hydrogens (primary N) is 1. The zero-order valence-electron chi connectivity index (χ0n) is 13.6. The normalized spacial score (nSPS) is 13.7. The van der Waals surface area contributed by atoms with Gasteiger partial charge in [0.15, 0.2) is 0 Å². The van der Waals surface area contributed by atoms with Gasteiger partial charge in [-0.25, -0.2) is 4.79 Å². The van der Waals surface area contributed by atoms with Gasteiger partial charge in [-0.15, -0.1) is 11.3 Å². The highest BCUT2D eigenvalue weighted by Gasteiger charge is 2.21. The first-order chi connectivity index (χ1) is 11.1. The van der Waals surface area contributed by atoms with Crippen LogP contribution in [0, 0.1) is 6.92 Å². The average Bonchev–Trinajstić information content (AvgIpc) is 2.86. The van der Waals surface area contributed by atoms with Crippen molar-refractivity contribution in [2.24, 2.45) is 0 Å². The summed E-state index contributed by atoms with van der Waals surface area (Å²) in [4.78, 5) is 15.4. The van der Waals surface area contributed by atoms with Crippen LogP contribution >= 0.6 is 11.3 Å². The number of hydrogen-bond acceptors (Lipinski definition) is 5. The van der Waals surface area contributed by atoms with Gasteiger partial charge in [0.25, 0.3) is 0 Å². The lowest BCUT2D eigenvalue weighted by Gasteiger charge is -2.31. The summed E-state index contributed by atoms with van der Waals surface area (Å²) in [7, 11) is 1.39. The van der Waals surface area contributed by atoms with E-state index in [0.29, 0.717) is 10.6 Å². The van der Waals surface area contributed by atoms with Crippen molar-refractivity contribution in [2.75, 3.05) is 30.8 Å². The lowest BCUT2D eigenvalue weighted by molar-refractivity contribution is 0.0601. The minimum absolute atomic E-state index is 0.342. The lowest BCUT2D eigenvalue weighted by Crippen LogP contribution is -2.31. The van der Waals surface area contributed by atoms with E-state index in [9.17, 15) is 4.79 Å². The summed E-state index contributed by atoms with van der Waals surface area (Å²) in [5.41, 5.74) is 10.3.